The zero-order chi connectivity index (χ0) is 16.5. The lowest BCUT2D eigenvalue weighted by molar-refractivity contribution is -0.384. The third-order valence-electron chi connectivity index (χ3n) is 3.91. The van der Waals surface area contributed by atoms with Crippen molar-refractivity contribution in [3.05, 3.63) is 89.2 Å². The summed E-state index contributed by atoms with van der Waals surface area (Å²) in [4.78, 5) is 15.1. The number of benzene rings is 2. The maximum Gasteiger partial charge on any atom is 0.270 e. The molecular weight excluding hydrogens is 302 g/mol. The average Bonchev–Trinajstić information content (AvgIpc) is 3.06. The van der Waals surface area contributed by atoms with Gasteiger partial charge in [0, 0.05) is 30.1 Å². The molecule has 0 atom stereocenters. The first-order valence-electron chi connectivity index (χ1n) is 7.50. The Kier molecular flexibility index (Phi) is 3.31. The van der Waals surface area contributed by atoms with Crippen LogP contribution in [0.1, 0.15) is 0 Å². The van der Waals surface area contributed by atoms with Crippen LogP contribution in [0, 0.1) is 10.1 Å². The molecule has 2 aromatic carbocycles. The Morgan fingerprint density at radius 3 is 2.42 bits per heavy atom. The first-order chi connectivity index (χ1) is 11.7. The van der Waals surface area contributed by atoms with Crippen molar-refractivity contribution >= 4 is 11.3 Å². The molecule has 0 amide bonds. The zero-order valence-corrected chi connectivity index (χ0v) is 12.7. The van der Waals surface area contributed by atoms with Crippen LogP contribution in [0.5, 0.6) is 0 Å². The maximum atomic E-state index is 10.9. The molecule has 0 bridgehead atoms. The minimum atomic E-state index is -0.396. The predicted molar refractivity (Wildman–Crippen MR) is 92.7 cm³/mol. The lowest BCUT2D eigenvalue weighted by Crippen LogP contribution is -1.87. The van der Waals surface area contributed by atoms with Crippen LogP contribution in [0.2, 0.25) is 0 Å². The highest BCUT2D eigenvalue weighted by Gasteiger charge is 2.10. The van der Waals surface area contributed by atoms with Gasteiger partial charge >= 0.3 is 0 Å². The third kappa shape index (κ3) is 2.52. The number of aromatic nitrogens is 2. The molecule has 116 valence electrons. The molecule has 2 aromatic heterocycles. The maximum absolute atomic E-state index is 10.9. The lowest BCUT2D eigenvalue weighted by Gasteiger charge is -2.01. The highest BCUT2D eigenvalue weighted by Crippen LogP contribution is 2.25. The molecule has 0 fully saturated rings. The van der Waals surface area contributed by atoms with E-state index in [2.05, 4.69) is 17.1 Å². The van der Waals surface area contributed by atoms with E-state index in [0.29, 0.717) is 5.69 Å². The number of nitro benzene ring substituents is 1. The summed E-state index contributed by atoms with van der Waals surface area (Å²) in [6.07, 6.45) is 3.90. The average molecular weight is 315 g/mol. The first-order valence-corrected chi connectivity index (χ1v) is 7.50. The molecule has 0 aliphatic heterocycles. The van der Waals surface area contributed by atoms with Gasteiger partial charge in [-0.25, -0.2) is 4.98 Å². The van der Waals surface area contributed by atoms with Crippen molar-refractivity contribution in [2.24, 2.45) is 0 Å². The molecule has 0 unspecified atom stereocenters. The fraction of sp³-hybridized carbons (Fsp3) is 0. The van der Waals surface area contributed by atoms with Gasteiger partial charge in [-0.2, -0.15) is 0 Å². The topological polar surface area (TPSA) is 60.4 Å². The van der Waals surface area contributed by atoms with Crippen LogP contribution in [0.4, 0.5) is 5.69 Å². The molecule has 0 saturated carbocycles. The minimum absolute atomic E-state index is 0.0644. The normalized spacial score (nSPS) is 10.8. The summed E-state index contributed by atoms with van der Waals surface area (Å²) >= 11 is 0. The van der Waals surface area contributed by atoms with Crippen molar-refractivity contribution in [1.82, 2.24) is 9.38 Å². The van der Waals surface area contributed by atoms with Gasteiger partial charge in [-0.05, 0) is 23.3 Å². The van der Waals surface area contributed by atoms with Crippen LogP contribution in [0.25, 0.3) is 28.0 Å². The number of nitrogens with zero attached hydrogens (tertiary/aromatic N) is 3. The smallest absolute Gasteiger partial charge is 0.270 e. The van der Waals surface area contributed by atoms with Crippen LogP contribution in [-0.4, -0.2) is 14.3 Å². The monoisotopic (exact) mass is 315 g/mol. The summed E-state index contributed by atoms with van der Waals surface area (Å²) in [6.45, 7) is 0. The largest absolute Gasteiger partial charge is 0.306 e. The van der Waals surface area contributed by atoms with E-state index < -0.39 is 4.92 Å². The van der Waals surface area contributed by atoms with Crippen LogP contribution in [-0.2, 0) is 0 Å². The number of imidazole rings is 1. The van der Waals surface area contributed by atoms with Gasteiger partial charge in [0.15, 0.2) is 0 Å². The van der Waals surface area contributed by atoms with E-state index in [1.807, 2.05) is 53.2 Å². The van der Waals surface area contributed by atoms with Crippen molar-refractivity contribution in [1.29, 1.82) is 0 Å². The Morgan fingerprint density at radius 2 is 1.62 bits per heavy atom. The van der Waals surface area contributed by atoms with Crippen molar-refractivity contribution in [3.8, 4) is 22.4 Å². The van der Waals surface area contributed by atoms with E-state index in [4.69, 9.17) is 0 Å². The molecule has 2 heterocycles. The van der Waals surface area contributed by atoms with Gasteiger partial charge in [0.25, 0.3) is 5.69 Å². The number of hydrogen-bond acceptors (Lipinski definition) is 3. The zero-order valence-electron chi connectivity index (χ0n) is 12.7. The van der Waals surface area contributed by atoms with Gasteiger partial charge in [0.05, 0.1) is 10.6 Å². The summed E-state index contributed by atoms with van der Waals surface area (Å²) in [6, 6.07) is 20.6. The van der Waals surface area contributed by atoms with Crippen LogP contribution in [0.3, 0.4) is 0 Å². The number of rotatable bonds is 3. The van der Waals surface area contributed by atoms with Gasteiger partial charge in [-0.1, -0.05) is 42.5 Å². The first kappa shape index (κ1) is 14.1. The van der Waals surface area contributed by atoms with Crippen LogP contribution < -0.4 is 0 Å². The summed E-state index contributed by atoms with van der Waals surface area (Å²) in [5.41, 5.74) is 4.53. The van der Waals surface area contributed by atoms with Crippen LogP contribution in [0.15, 0.2) is 79.1 Å². The Balaban J connectivity index is 1.79. The van der Waals surface area contributed by atoms with Gasteiger partial charge in [-0.15, -0.1) is 0 Å². The van der Waals surface area contributed by atoms with E-state index >= 15 is 0 Å². The number of non-ortho nitro benzene ring substituents is 1. The highest BCUT2D eigenvalue weighted by molar-refractivity contribution is 5.68. The minimum Gasteiger partial charge on any atom is -0.306 e. The Morgan fingerprint density at radius 1 is 0.833 bits per heavy atom. The van der Waals surface area contributed by atoms with E-state index in [0.717, 1.165) is 22.3 Å². The van der Waals surface area contributed by atoms with Gasteiger partial charge in [-0.3, -0.25) is 10.1 Å². The van der Waals surface area contributed by atoms with Crippen molar-refractivity contribution in [3.63, 3.8) is 0 Å². The Bertz CT molecular complexity index is 1040. The number of nitro groups is 1. The van der Waals surface area contributed by atoms with Gasteiger partial charge in [0.2, 0.25) is 0 Å². The second-order valence-electron chi connectivity index (χ2n) is 5.48. The van der Waals surface area contributed by atoms with E-state index in [-0.39, 0.29) is 5.69 Å². The van der Waals surface area contributed by atoms with E-state index in [1.54, 1.807) is 12.1 Å². The fourth-order valence-electron chi connectivity index (χ4n) is 2.71. The molecule has 4 rings (SSSR count). The SMILES string of the molecule is O=[N+]([O-])c1cccc(-c2cn3cc(-c4ccccc4)ccc3n2)c1. The summed E-state index contributed by atoms with van der Waals surface area (Å²) in [5, 5.41) is 10.9. The number of hydrogen-bond donors (Lipinski definition) is 0. The van der Waals surface area contributed by atoms with E-state index in [9.17, 15) is 10.1 Å². The second-order valence-corrected chi connectivity index (χ2v) is 5.48. The molecule has 0 saturated heterocycles. The predicted octanol–water partition coefficient (Wildman–Crippen LogP) is 4.58. The van der Waals surface area contributed by atoms with Gasteiger partial charge in [0.1, 0.15) is 5.65 Å². The molecule has 0 radical (unpaired) electrons. The molecule has 5 heteroatoms. The highest BCUT2D eigenvalue weighted by atomic mass is 16.6. The molecule has 5 nitrogen and oxygen atoms in total. The lowest BCUT2D eigenvalue weighted by atomic mass is 10.1. The summed E-state index contributed by atoms with van der Waals surface area (Å²) < 4.78 is 1.94. The Labute approximate surface area is 138 Å². The molecular formula is C19H13N3O2. The molecule has 0 aliphatic rings. The van der Waals surface area contributed by atoms with Crippen molar-refractivity contribution in [2.75, 3.05) is 0 Å². The molecule has 0 aliphatic carbocycles. The van der Waals surface area contributed by atoms with E-state index in [1.165, 1.54) is 6.07 Å². The number of pyridine rings is 1. The Hall–Kier alpha value is -3.47. The standard InChI is InChI=1S/C19H13N3O2/c23-22(24)17-8-4-7-15(11-17)18-13-21-12-16(9-10-19(21)20-18)14-5-2-1-3-6-14/h1-13H. The molecule has 0 spiro atoms. The molecule has 4 aromatic rings. The quantitative estimate of drug-likeness (QED) is 0.411. The fourth-order valence-corrected chi connectivity index (χ4v) is 2.71. The van der Waals surface area contributed by atoms with Crippen molar-refractivity contribution in [2.45, 2.75) is 0 Å². The van der Waals surface area contributed by atoms with Gasteiger partial charge < -0.3 is 4.40 Å². The summed E-state index contributed by atoms with van der Waals surface area (Å²) in [5.74, 6) is 0. The second kappa shape index (κ2) is 5.62. The molecule has 24 heavy (non-hydrogen) atoms. The molecule has 0 N–H and O–H groups in total. The number of fused-ring (bicyclic) bond motifs is 1. The summed E-state index contributed by atoms with van der Waals surface area (Å²) in [7, 11) is 0. The third-order valence-corrected chi connectivity index (χ3v) is 3.91. The van der Waals surface area contributed by atoms with Crippen molar-refractivity contribution < 1.29 is 4.92 Å². The van der Waals surface area contributed by atoms with Crippen LogP contribution >= 0.6 is 0 Å².